The van der Waals surface area contributed by atoms with Crippen LogP contribution in [0.15, 0.2) is 24.4 Å². The highest BCUT2D eigenvalue weighted by Crippen LogP contribution is 2.31. The van der Waals surface area contributed by atoms with E-state index in [4.69, 9.17) is 0 Å². The third kappa shape index (κ3) is 3.73. The van der Waals surface area contributed by atoms with Crippen LogP contribution in [0.5, 0.6) is 0 Å². The summed E-state index contributed by atoms with van der Waals surface area (Å²) in [5.41, 5.74) is 0.674. The molecule has 1 fully saturated rings. The Kier molecular flexibility index (Phi) is 5.05. The molecule has 1 aliphatic carbocycles. The highest BCUT2D eigenvalue weighted by molar-refractivity contribution is 7.99. The average Bonchev–Trinajstić information content (AvgIpc) is 2.41. The first-order valence-electron chi connectivity index (χ1n) is 6.52. The van der Waals surface area contributed by atoms with E-state index in [9.17, 15) is 9.90 Å². The molecule has 4 heteroatoms. The van der Waals surface area contributed by atoms with Gasteiger partial charge in [-0.1, -0.05) is 25.3 Å². The summed E-state index contributed by atoms with van der Waals surface area (Å²) in [4.78, 5) is 15.5. The quantitative estimate of drug-likeness (QED) is 0.887. The molecule has 0 aromatic carbocycles. The number of thioether (sulfide) groups is 1. The zero-order valence-corrected chi connectivity index (χ0v) is 11.2. The fourth-order valence-electron chi connectivity index (χ4n) is 2.33. The summed E-state index contributed by atoms with van der Waals surface area (Å²) in [5, 5.41) is 9.95. The van der Waals surface area contributed by atoms with Gasteiger partial charge in [-0.3, -0.25) is 9.78 Å². The van der Waals surface area contributed by atoms with Crippen molar-refractivity contribution in [3.63, 3.8) is 0 Å². The first-order chi connectivity index (χ1) is 8.77. The summed E-state index contributed by atoms with van der Waals surface area (Å²) < 4.78 is 0. The van der Waals surface area contributed by atoms with Crippen molar-refractivity contribution < 1.29 is 9.90 Å². The molecule has 1 N–H and O–H groups in total. The molecule has 3 nitrogen and oxygen atoms in total. The molecule has 0 bridgehead atoms. The molecular formula is C14H19NO2S. The van der Waals surface area contributed by atoms with Crippen LogP contribution in [0.3, 0.4) is 0 Å². The van der Waals surface area contributed by atoms with Crippen LogP contribution in [0, 0.1) is 0 Å². The largest absolute Gasteiger partial charge is 0.481 e. The van der Waals surface area contributed by atoms with Crippen LogP contribution in [0.1, 0.15) is 43.7 Å². The second-order valence-electron chi connectivity index (χ2n) is 4.74. The number of carboxylic acids is 1. The lowest BCUT2D eigenvalue weighted by Crippen LogP contribution is -2.18. The van der Waals surface area contributed by atoms with Crippen molar-refractivity contribution >= 4 is 17.7 Å². The van der Waals surface area contributed by atoms with Gasteiger partial charge >= 0.3 is 5.97 Å². The Bertz CT molecular complexity index is 377. The van der Waals surface area contributed by atoms with E-state index in [0.29, 0.717) is 16.7 Å². The second-order valence-corrected chi connectivity index (χ2v) is 6.07. The van der Waals surface area contributed by atoms with Crippen LogP contribution in [0.4, 0.5) is 0 Å². The van der Waals surface area contributed by atoms with Crippen molar-refractivity contribution in [2.24, 2.45) is 0 Å². The summed E-state index contributed by atoms with van der Waals surface area (Å²) in [6.45, 7) is 0. The molecule has 18 heavy (non-hydrogen) atoms. The number of carbonyl (C=O) groups is 1. The Hall–Kier alpha value is -1.03. The monoisotopic (exact) mass is 265 g/mol. The van der Waals surface area contributed by atoms with Crippen molar-refractivity contribution in [3.8, 4) is 0 Å². The fraction of sp³-hybridized carbons (Fsp3) is 0.571. The average molecular weight is 265 g/mol. The zero-order chi connectivity index (χ0) is 12.8. The molecule has 1 aromatic heterocycles. The molecule has 2 rings (SSSR count). The molecule has 0 spiro atoms. The van der Waals surface area contributed by atoms with Gasteiger partial charge in [0.1, 0.15) is 5.92 Å². The van der Waals surface area contributed by atoms with Crippen molar-refractivity contribution in [1.82, 2.24) is 4.98 Å². The topological polar surface area (TPSA) is 50.2 Å². The van der Waals surface area contributed by atoms with E-state index in [-0.39, 0.29) is 0 Å². The van der Waals surface area contributed by atoms with E-state index in [1.165, 1.54) is 32.1 Å². The lowest BCUT2D eigenvalue weighted by atomic mass is 10.0. The number of hydrogen-bond donors (Lipinski definition) is 1. The lowest BCUT2D eigenvalue weighted by molar-refractivity contribution is -0.138. The Morgan fingerprint density at radius 1 is 1.39 bits per heavy atom. The van der Waals surface area contributed by atoms with Gasteiger partial charge in [0, 0.05) is 17.2 Å². The van der Waals surface area contributed by atoms with Gasteiger partial charge in [0.25, 0.3) is 0 Å². The van der Waals surface area contributed by atoms with E-state index in [1.807, 2.05) is 23.9 Å². The van der Waals surface area contributed by atoms with Crippen LogP contribution >= 0.6 is 11.8 Å². The van der Waals surface area contributed by atoms with Gasteiger partial charge in [-0.25, -0.2) is 0 Å². The number of aliphatic carboxylic acids is 1. The lowest BCUT2D eigenvalue weighted by Gasteiger charge is -2.22. The predicted octanol–water partition coefficient (Wildman–Crippen LogP) is 3.32. The Morgan fingerprint density at radius 3 is 2.78 bits per heavy atom. The third-order valence-corrected chi connectivity index (χ3v) is 4.86. The number of pyridine rings is 1. The Balaban J connectivity index is 1.92. The minimum absolute atomic E-state index is 0.474. The maximum atomic E-state index is 11.3. The van der Waals surface area contributed by atoms with Crippen LogP contribution in [0.2, 0.25) is 0 Å². The molecule has 0 radical (unpaired) electrons. The van der Waals surface area contributed by atoms with E-state index in [2.05, 4.69) is 4.98 Å². The molecular weight excluding hydrogens is 246 g/mol. The maximum absolute atomic E-state index is 11.3. The van der Waals surface area contributed by atoms with E-state index in [1.54, 1.807) is 12.3 Å². The molecule has 1 aromatic rings. The number of nitrogens with zero attached hydrogens (tertiary/aromatic N) is 1. The Morgan fingerprint density at radius 2 is 2.17 bits per heavy atom. The van der Waals surface area contributed by atoms with Crippen molar-refractivity contribution in [1.29, 1.82) is 0 Å². The summed E-state index contributed by atoms with van der Waals surface area (Å²) >= 11 is 1.81. The van der Waals surface area contributed by atoms with Crippen molar-refractivity contribution in [2.45, 2.75) is 43.3 Å². The number of hydrogen-bond acceptors (Lipinski definition) is 3. The zero-order valence-electron chi connectivity index (χ0n) is 10.4. The fourth-order valence-corrected chi connectivity index (χ4v) is 3.77. The molecule has 1 atom stereocenters. The first-order valence-corrected chi connectivity index (χ1v) is 7.57. The van der Waals surface area contributed by atoms with Crippen molar-refractivity contribution in [2.75, 3.05) is 5.75 Å². The molecule has 1 saturated carbocycles. The highest BCUT2D eigenvalue weighted by atomic mass is 32.2. The molecule has 0 saturated heterocycles. The van der Waals surface area contributed by atoms with Gasteiger partial charge in [0.15, 0.2) is 0 Å². The predicted molar refractivity (Wildman–Crippen MR) is 73.9 cm³/mol. The van der Waals surface area contributed by atoms with E-state index < -0.39 is 11.9 Å². The van der Waals surface area contributed by atoms with E-state index in [0.717, 1.165) is 0 Å². The first kappa shape index (κ1) is 13.4. The van der Waals surface area contributed by atoms with Crippen LogP contribution < -0.4 is 0 Å². The van der Waals surface area contributed by atoms with Gasteiger partial charge < -0.3 is 5.11 Å². The van der Waals surface area contributed by atoms with Gasteiger partial charge in [-0.15, -0.1) is 0 Å². The summed E-state index contributed by atoms with van der Waals surface area (Å²) in [6, 6.07) is 5.47. The second kappa shape index (κ2) is 6.78. The maximum Gasteiger partial charge on any atom is 0.313 e. The van der Waals surface area contributed by atoms with Gasteiger partial charge in [-0.05, 0) is 25.0 Å². The SMILES string of the molecule is O=C(O)C(CSC1CCCCC1)c1ccccn1. The molecule has 0 aliphatic heterocycles. The molecule has 0 amide bonds. The molecule has 1 heterocycles. The number of aromatic nitrogens is 1. The number of rotatable bonds is 5. The summed E-state index contributed by atoms with van der Waals surface area (Å²) in [6.07, 6.45) is 8.05. The normalized spacial score (nSPS) is 18.4. The smallest absolute Gasteiger partial charge is 0.313 e. The molecule has 1 aliphatic rings. The van der Waals surface area contributed by atoms with Crippen molar-refractivity contribution in [3.05, 3.63) is 30.1 Å². The minimum atomic E-state index is -0.767. The number of carboxylic acid groups (broad SMARTS) is 1. The summed E-state index contributed by atoms with van der Waals surface area (Å²) in [5.74, 6) is -0.605. The van der Waals surface area contributed by atoms with Crippen LogP contribution in [0.25, 0.3) is 0 Å². The summed E-state index contributed by atoms with van der Waals surface area (Å²) in [7, 11) is 0. The van der Waals surface area contributed by atoms with Gasteiger partial charge in [-0.2, -0.15) is 11.8 Å². The Labute approximate surface area is 112 Å². The van der Waals surface area contributed by atoms with Gasteiger partial charge in [0.05, 0.1) is 5.69 Å². The molecule has 98 valence electrons. The molecule has 1 unspecified atom stereocenters. The highest BCUT2D eigenvalue weighted by Gasteiger charge is 2.23. The third-order valence-electron chi connectivity index (χ3n) is 3.39. The van der Waals surface area contributed by atoms with Gasteiger partial charge in [0.2, 0.25) is 0 Å². The van der Waals surface area contributed by atoms with Crippen LogP contribution in [-0.2, 0) is 4.79 Å². The van der Waals surface area contributed by atoms with Crippen LogP contribution in [-0.4, -0.2) is 27.1 Å². The van der Waals surface area contributed by atoms with E-state index >= 15 is 0 Å². The standard InChI is InChI=1S/C14H19NO2S/c16-14(17)12(13-8-4-5-9-15-13)10-18-11-6-2-1-3-7-11/h4-5,8-9,11-12H,1-3,6-7,10H2,(H,16,17). The minimum Gasteiger partial charge on any atom is -0.481 e.